The van der Waals surface area contributed by atoms with Gasteiger partial charge in [0.1, 0.15) is 0 Å². The first-order valence-electron chi connectivity index (χ1n) is 8.48. The van der Waals surface area contributed by atoms with E-state index in [1.165, 1.54) is 62.8 Å². The van der Waals surface area contributed by atoms with Crippen molar-refractivity contribution in [3.8, 4) is 0 Å². The fourth-order valence-corrected chi connectivity index (χ4v) is 3.26. The molecule has 0 aromatic carbocycles. The number of hydrogen-bond acceptors (Lipinski definition) is 2. The lowest BCUT2D eigenvalue weighted by Gasteiger charge is -2.10. The summed E-state index contributed by atoms with van der Waals surface area (Å²) in [5, 5.41) is 0. The molecule has 1 rings (SSSR count). The standard InChI is InChI=1S/C18H33N2S.ClH/c1-4-5-6-7-8-9-10-11-16-21-17-20-14-12-18(13-15-20)19(2)3;/h12-15H,4-11,16-17H2,1-3H3;1H/q+1;/p-1. The highest BCUT2D eigenvalue weighted by Gasteiger charge is 2.02. The molecule has 0 N–H and O–H groups in total. The molecule has 0 unspecified atom stereocenters. The molecule has 0 bridgehead atoms. The first kappa shape index (κ1) is 21.6. The first-order valence-corrected chi connectivity index (χ1v) is 9.63. The van der Waals surface area contributed by atoms with E-state index in [2.05, 4.69) is 55.0 Å². The van der Waals surface area contributed by atoms with Crippen molar-refractivity contribution in [2.24, 2.45) is 0 Å². The summed E-state index contributed by atoms with van der Waals surface area (Å²) < 4.78 is 2.27. The van der Waals surface area contributed by atoms with E-state index in [0.717, 1.165) is 5.88 Å². The van der Waals surface area contributed by atoms with Gasteiger partial charge in [-0.1, -0.05) is 63.6 Å². The van der Waals surface area contributed by atoms with Crippen LogP contribution in [0.15, 0.2) is 24.5 Å². The Morgan fingerprint density at radius 3 is 2.00 bits per heavy atom. The predicted molar refractivity (Wildman–Crippen MR) is 96.0 cm³/mol. The summed E-state index contributed by atoms with van der Waals surface area (Å²) in [6.45, 7) is 2.28. The normalized spacial score (nSPS) is 10.3. The Labute approximate surface area is 148 Å². The third kappa shape index (κ3) is 10.3. The Hall–Kier alpha value is -0.410. The molecule has 1 aromatic heterocycles. The van der Waals surface area contributed by atoms with Gasteiger partial charge in [0.15, 0.2) is 18.3 Å². The molecule has 0 saturated heterocycles. The van der Waals surface area contributed by atoms with Gasteiger partial charge in [0.25, 0.3) is 0 Å². The summed E-state index contributed by atoms with van der Waals surface area (Å²) in [5.74, 6) is 2.36. The number of hydrogen-bond donors (Lipinski definition) is 0. The third-order valence-electron chi connectivity index (χ3n) is 3.77. The Morgan fingerprint density at radius 1 is 0.909 bits per heavy atom. The minimum Gasteiger partial charge on any atom is -1.00 e. The highest BCUT2D eigenvalue weighted by Crippen LogP contribution is 2.12. The predicted octanol–water partition coefficient (Wildman–Crippen LogP) is 1.88. The molecule has 2 nitrogen and oxygen atoms in total. The number of unbranched alkanes of at least 4 members (excludes halogenated alkanes) is 7. The van der Waals surface area contributed by atoms with E-state index in [9.17, 15) is 0 Å². The average Bonchev–Trinajstić information content (AvgIpc) is 2.49. The van der Waals surface area contributed by atoms with Crippen LogP contribution in [0.4, 0.5) is 5.69 Å². The molecule has 128 valence electrons. The molecular formula is C18H33ClN2S. The van der Waals surface area contributed by atoms with E-state index in [0.29, 0.717) is 0 Å². The van der Waals surface area contributed by atoms with Gasteiger partial charge in [-0.25, -0.2) is 0 Å². The van der Waals surface area contributed by atoms with Crippen LogP contribution in [-0.4, -0.2) is 19.8 Å². The molecule has 4 heteroatoms. The van der Waals surface area contributed by atoms with Crippen LogP contribution in [-0.2, 0) is 5.88 Å². The second kappa shape index (κ2) is 14.2. The second-order valence-corrected chi connectivity index (χ2v) is 7.05. The quantitative estimate of drug-likeness (QED) is 0.422. The summed E-state index contributed by atoms with van der Waals surface area (Å²) in [6.07, 6.45) is 15.6. The molecule has 0 aliphatic heterocycles. The van der Waals surface area contributed by atoms with E-state index in [4.69, 9.17) is 0 Å². The van der Waals surface area contributed by atoms with Crippen LogP contribution in [0.25, 0.3) is 0 Å². The molecule has 0 atom stereocenters. The second-order valence-electron chi connectivity index (χ2n) is 5.98. The summed E-state index contributed by atoms with van der Waals surface area (Å²) in [5.41, 5.74) is 1.26. The maximum absolute atomic E-state index is 2.28. The smallest absolute Gasteiger partial charge is 0.194 e. The van der Waals surface area contributed by atoms with Crippen molar-refractivity contribution in [2.75, 3.05) is 24.7 Å². The topological polar surface area (TPSA) is 7.12 Å². The number of aromatic nitrogens is 1. The fourth-order valence-electron chi connectivity index (χ4n) is 2.34. The van der Waals surface area contributed by atoms with E-state index in [-0.39, 0.29) is 12.4 Å². The van der Waals surface area contributed by atoms with E-state index in [1.54, 1.807) is 0 Å². The van der Waals surface area contributed by atoms with E-state index >= 15 is 0 Å². The van der Waals surface area contributed by atoms with Crippen LogP contribution < -0.4 is 21.9 Å². The van der Waals surface area contributed by atoms with Crippen molar-refractivity contribution in [1.29, 1.82) is 0 Å². The van der Waals surface area contributed by atoms with Crippen LogP contribution in [0, 0.1) is 0 Å². The van der Waals surface area contributed by atoms with Crippen molar-refractivity contribution in [2.45, 2.75) is 64.2 Å². The Balaban J connectivity index is 0.00000441. The van der Waals surface area contributed by atoms with Gasteiger partial charge in [-0.05, 0) is 12.2 Å². The van der Waals surface area contributed by atoms with Gasteiger partial charge in [0.2, 0.25) is 0 Å². The number of anilines is 1. The summed E-state index contributed by atoms with van der Waals surface area (Å²) in [6, 6.07) is 4.35. The van der Waals surface area contributed by atoms with Gasteiger partial charge in [0, 0.05) is 31.9 Å². The molecule has 0 amide bonds. The SMILES string of the molecule is CCCCCCCCCCSC[n+]1ccc(N(C)C)cc1.[Cl-]. The van der Waals surface area contributed by atoms with Gasteiger partial charge in [-0.15, -0.1) is 0 Å². The zero-order valence-corrected chi connectivity index (χ0v) is 16.1. The zero-order valence-electron chi connectivity index (χ0n) is 14.6. The Kier molecular flexibility index (Phi) is 13.9. The molecule has 0 aliphatic carbocycles. The van der Waals surface area contributed by atoms with Crippen LogP contribution in [0.2, 0.25) is 0 Å². The van der Waals surface area contributed by atoms with Crippen molar-refractivity contribution in [1.82, 2.24) is 0 Å². The largest absolute Gasteiger partial charge is 1.00 e. The molecule has 1 aromatic rings. The van der Waals surface area contributed by atoms with Gasteiger partial charge in [-0.3, -0.25) is 0 Å². The number of halogens is 1. The summed E-state index contributed by atoms with van der Waals surface area (Å²) in [4.78, 5) is 2.14. The van der Waals surface area contributed by atoms with Crippen LogP contribution in [0.3, 0.4) is 0 Å². The van der Waals surface area contributed by atoms with Crippen molar-refractivity contribution >= 4 is 17.4 Å². The lowest BCUT2D eigenvalue weighted by Crippen LogP contribution is -3.00. The molecular weight excluding hydrogens is 312 g/mol. The average molecular weight is 345 g/mol. The lowest BCUT2D eigenvalue weighted by molar-refractivity contribution is -0.675. The monoisotopic (exact) mass is 344 g/mol. The van der Waals surface area contributed by atoms with Crippen LogP contribution in [0.5, 0.6) is 0 Å². The molecule has 22 heavy (non-hydrogen) atoms. The minimum atomic E-state index is 0. The molecule has 0 spiro atoms. The highest BCUT2D eigenvalue weighted by molar-refractivity contribution is 7.98. The van der Waals surface area contributed by atoms with Crippen molar-refractivity contribution in [3.63, 3.8) is 0 Å². The lowest BCUT2D eigenvalue weighted by atomic mass is 10.1. The zero-order chi connectivity index (χ0) is 15.3. The van der Waals surface area contributed by atoms with Crippen LogP contribution in [0.1, 0.15) is 58.3 Å². The van der Waals surface area contributed by atoms with Crippen molar-refractivity contribution < 1.29 is 17.0 Å². The fraction of sp³-hybridized carbons (Fsp3) is 0.722. The first-order chi connectivity index (χ1) is 10.2. The van der Waals surface area contributed by atoms with Gasteiger partial charge in [0.05, 0.1) is 0 Å². The maximum atomic E-state index is 2.28. The Bertz CT molecular complexity index is 355. The Morgan fingerprint density at radius 2 is 1.45 bits per heavy atom. The van der Waals surface area contributed by atoms with Crippen LogP contribution >= 0.6 is 11.8 Å². The number of thioether (sulfide) groups is 1. The number of pyridine rings is 1. The maximum Gasteiger partial charge on any atom is 0.194 e. The number of nitrogens with zero attached hydrogens (tertiary/aromatic N) is 2. The summed E-state index contributed by atoms with van der Waals surface area (Å²) in [7, 11) is 4.16. The summed E-state index contributed by atoms with van der Waals surface area (Å²) >= 11 is 2.04. The highest BCUT2D eigenvalue weighted by atomic mass is 35.5. The molecule has 0 radical (unpaired) electrons. The van der Waals surface area contributed by atoms with Gasteiger partial charge < -0.3 is 17.3 Å². The van der Waals surface area contributed by atoms with Gasteiger partial charge in [-0.2, -0.15) is 4.57 Å². The molecule has 0 fully saturated rings. The van der Waals surface area contributed by atoms with Gasteiger partial charge >= 0.3 is 0 Å². The third-order valence-corrected chi connectivity index (χ3v) is 4.83. The van der Waals surface area contributed by atoms with E-state index in [1.807, 2.05) is 11.8 Å². The molecule has 0 saturated carbocycles. The van der Waals surface area contributed by atoms with E-state index < -0.39 is 0 Å². The van der Waals surface area contributed by atoms with Crippen molar-refractivity contribution in [3.05, 3.63) is 24.5 Å². The number of rotatable bonds is 12. The molecule has 0 aliphatic rings. The minimum absolute atomic E-state index is 0. The molecule has 1 heterocycles.